The molecule has 82 valence electrons. The minimum absolute atomic E-state index is 0.416. The Balaban J connectivity index is 1.85. The fourth-order valence-electron chi connectivity index (χ4n) is 2.00. The van der Waals surface area contributed by atoms with Gasteiger partial charge in [-0.1, -0.05) is 4.49 Å². The zero-order valence-electron chi connectivity index (χ0n) is 8.85. The number of nitrogens with zero attached hydrogens (tertiary/aromatic N) is 3. The van der Waals surface area contributed by atoms with Crippen LogP contribution in [0.15, 0.2) is 6.20 Å². The Labute approximate surface area is 93.5 Å². The highest BCUT2D eigenvalue weighted by molar-refractivity contribution is 7.05. The number of aromatic nitrogens is 2. The molecule has 0 spiro atoms. The molecule has 0 radical (unpaired) electrons. The molecule has 1 aromatic heterocycles. The third-order valence-electron chi connectivity index (χ3n) is 2.95. The van der Waals surface area contributed by atoms with Crippen molar-refractivity contribution >= 4 is 17.3 Å². The largest absolute Gasteiger partial charge is 0.300 e. The standard InChI is InChI=1S/C10H15N3OS/c1-13(7-10-6-11-12-15-10)8-2-4-9(14)5-3-8/h6,8H,2-5,7H2,1H3. The van der Waals surface area contributed by atoms with Crippen LogP contribution in [0.25, 0.3) is 0 Å². The summed E-state index contributed by atoms with van der Waals surface area (Å²) < 4.78 is 3.84. The molecule has 0 atom stereocenters. The molecule has 5 heteroatoms. The zero-order valence-corrected chi connectivity index (χ0v) is 9.66. The van der Waals surface area contributed by atoms with Gasteiger partial charge < -0.3 is 0 Å². The fraction of sp³-hybridized carbons (Fsp3) is 0.700. The lowest BCUT2D eigenvalue weighted by Gasteiger charge is -2.29. The molecule has 1 aromatic rings. The number of rotatable bonds is 3. The van der Waals surface area contributed by atoms with E-state index in [1.54, 1.807) is 0 Å². The van der Waals surface area contributed by atoms with E-state index in [4.69, 9.17) is 0 Å². The Hall–Kier alpha value is -0.810. The van der Waals surface area contributed by atoms with Gasteiger partial charge in [0.05, 0.1) is 11.1 Å². The zero-order chi connectivity index (χ0) is 10.7. The van der Waals surface area contributed by atoms with Gasteiger partial charge in [0, 0.05) is 25.4 Å². The van der Waals surface area contributed by atoms with Gasteiger partial charge in [0.1, 0.15) is 5.78 Å². The van der Waals surface area contributed by atoms with Gasteiger partial charge in [-0.15, -0.1) is 5.10 Å². The lowest BCUT2D eigenvalue weighted by Crippen LogP contribution is -2.34. The average Bonchev–Trinajstić information content (AvgIpc) is 2.71. The number of ketones is 1. The number of carbonyl (C=O) groups excluding carboxylic acids is 1. The summed E-state index contributed by atoms with van der Waals surface area (Å²) in [6, 6.07) is 0.546. The molecular weight excluding hydrogens is 210 g/mol. The maximum Gasteiger partial charge on any atom is 0.133 e. The van der Waals surface area contributed by atoms with Gasteiger partial charge in [0.15, 0.2) is 0 Å². The lowest BCUT2D eigenvalue weighted by molar-refractivity contribution is -0.121. The van der Waals surface area contributed by atoms with Gasteiger partial charge in [-0.05, 0) is 31.4 Å². The van der Waals surface area contributed by atoms with E-state index in [1.807, 2.05) is 6.20 Å². The van der Waals surface area contributed by atoms with E-state index >= 15 is 0 Å². The minimum atomic E-state index is 0.416. The van der Waals surface area contributed by atoms with Crippen LogP contribution in [0, 0.1) is 0 Å². The van der Waals surface area contributed by atoms with E-state index in [0.717, 1.165) is 32.2 Å². The highest BCUT2D eigenvalue weighted by Gasteiger charge is 2.22. The SMILES string of the molecule is CN(Cc1cnns1)C1CCC(=O)CC1. The van der Waals surface area contributed by atoms with Gasteiger partial charge in [-0.25, -0.2) is 0 Å². The van der Waals surface area contributed by atoms with Crippen LogP contribution in [-0.2, 0) is 11.3 Å². The van der Waals surface area contributed by atoms with Crippen molar-refractivity contribution in [2.45, 2.75) is 38.3 Å². The quantitative estimate of drug-likeness (QED) is 0.781. The van der Waals surface area contributed by atoms with E-state index in [-0.39, 0.29) is 0 Å². The van der Waals surface area contributed by atoms with Gasteiger partial charge >= 0.3 is 0 Å². The van der Waals surface area contributed by atoms with Crippen LogP contribution in [0.1, 0.15) is 30.6 Å². The predicted octanol–water partition coefficient (Wildman–Crippen LogP) is 1.48. The van der Waals surface area contributed by atoms with Crippen molar-refractivity contribution in [1.29, 1.82) is 0 Å². The molecule has 2 rings (SSSR count). The maximum atomic E-state index is 11.1. The number of hydrogen-bond acceptors (Lipinski definition) is 5. The van der Waals surface area contributed by atoms with Crippen molar-refractivity contribution in [1.82, 2.24) is 14.5 Å². The summed E-state index contributed by atoms with van der Waals surface area (Å²) in [4.78, 5) is 14.6. The van der Waals surface area contributed by atoms with Gasteiger partial charge in [-0.2, -0.15) is 0 Å². The molecule has 15 heavy (non-hydrogen) atoms. The summed E-state index contributed by atoms with van der Waals surface area (Å²) >= 11 is 1.45. The van der Waals surface area contributed by atoms with E-state index < -0.39 is 0 Å². The predicted molar refractivity (Wildman–Crippen MR) is 58.6 cm³/mol. The third kappa shape index (κ3) is 2.82. The molecule has 1 aliphatic carbocycles. The van der Waals surface area contributed by atoms with E-state index in [0.29, 0.717) is 11.8 Å². The molecule has 0 aromatic carbocycles. The first-order valence-electron chi connectivity index (χ1n) is 5.24. The van der Waals surface area contributed by atoms with Crippen molar-refractivity contribution in [3.05, 3.63) is 11.1 Å². The van der Waals surface area contributed by atoms with Crippen molar-refractivity contribution in [2.75, 3.05) is 7.05 Å². The Bertz CT molecular complexity index is 315. The Morgan fingerprint density at radius 2 is 2.27 bits per heavy atom. The molecule has 0 amide bonds. The van der Waals surface area contributed by atoms with Crippen LogP contribution in [-0.4, -0.2) is 33.4 Å². The first-order chi connectivity index (χ1) is 7.25. The Morgan fingerprint density at radius 3 is 2.87 bits per heavy atom. The molecule has 1 heterocycles. The Kier molecular flexibility index (Phi) is 3.43. The molecule has 4 nitrogen and oxygen atoms in total. The second-order valence-corrected chi connectivity index (χ2v) is 4.94. The molecule has 1 aliphatic rings. The van der Waals surface area contributed by atoms with Crippen LogP contribution in [0.5, 0.6) is 0 Å². The molecule has 0 unspecified atom stereocenters. The van der Waals surface area contributed by atoms with Gasteiger partial charge in [-0.3, -0.25) is 9.69 Å². The number of hydrogen-bond donors (Lipinski definition) is 0. The van der Waals surface area contributed by atoms with E-state index in [1.165, 1.54) is 16.4 Å². The monoisotopic (exact) mass is 225 g/mol. The van der Waals surface area contributed by atoms with Crippen molar-refractivity contribution in [3.63, 3.8) is 0 Å². The second-order valence-electron chi connectivity index (χ2n) is 4.07. The van der Waals surface area contributed by atoms with Crippen LogP contribution in [0.2, 0.25) is 0 Å². The van der Waals surface area contributed by atoms with E-state index in [9.17, 15) is 4.79 Å². The number of carbonyl (C=O) groups is 1. The summed E-state index contributed by atoms with van der Waals surface area (Å²) in [5.41, 5.74) is 0. The van der Waals surface area contributed by atoms with Gasteiger partial charge in [0.2, 0.25) is 0 Å². The lowest BCUT2D eigenvalue weighted by atomic mass is 9.93. The van der Waals surface area contributed by atoms with Gasteiger partial charge in [0.25, 0.3) is 0 Å². The van der Waals surface area contributed by atoms with Crippen molar-refractivity contribution in [2.24, 2.45) is 0 Å². The third-order valence-corrected chi connectivity index (χ3v) is 3.59. The first-order valence-corrected chi connectivity index (χ1v) is 6.01. The molecule has 0 saturated heterocycles. The summed E-state index contributed by atoms with van der Waals surface area (Å²) in [7, 11) is 2.11. The van der Waals surface area contributed by atoms with Crippen molar-refractivity contribution in [3.8, 4) is 0 Å². The summed E-state index contributed by atoms with van der Waals surface area (Å²) in [6.45, 7) is 0.899. The first kappa shape index (κ1) is 10.7. The normalized spacial score (nSPS) is 18.7. The highest BCUT2D eigenvalue weighted by atomic mass is 32.1. The summed E-state index contributed by atoms with van der Waals surface area (Å²) in [5, 5.41) is 3.82. The van der Waals surface area contributed by atoms with Crippen LogP contribution >= 0.6 is 11.5 Å². The average molecular weight is 225 g/mol. The molecule has 0 aliphatic heterocycles. The molecular formula is C10H15N3OS. The Morgan fingerprint density at radius 1 is 1.53 bits per heavy atom. The molecule has 0 N–H and O–H groups in total. The maximum absolute atomic E-state index is 11.1. The van der Waals surface area contributed by atoms with E-state index in [2.05, 4.69) is 21.5 Å². The summed E-state index contributed by atoms with van der Waals surface area (Å²) in [5.74, 6) is 0.416. The van der Waals surface area contributed by atoms with Crippen LogP contribution in [0.3, 0.4) is 0 Å². The molecule has 1 fully saturated rings. The molecule has 0 bridgehead atoms. The van der Waals surface area contributed by atoms with Crippen LogP contribution < -0.4 is 0 Å². The highest BCUT2D eigenvalue weighted by Crippen LogP contribution is 2.21. The topological polar surface area (TPSA) is 46.1 Å². The second kappa shape index (κ2) is 4.81. The van der Waals surface area contributed by atoms with Crippen LogP contribution in [0.4, 0.5) is 0 Å². The summed E-state index contributed by atoms with van der Waals surface area (Å²) in [6.07, 6.45) is 5.31. The molecule has 1 saturated carbocycles. The number of Topliss-reactive ketones (excluding diaryl/α,β-unsaturated/α-hetero) is 1. The van der Waals surface area contributed by atoms with Crippen molar-refractivity contribution < 1.29 is 4.79 Å². The smallest absolute Gasteiger partial charge is 0.133 e. The minimum Gasteiger partial charge on any atom is -0.300 e. The fourth-order valence-corrected chi connectivity index (χ4v) is 2.55.